The fraction of sp³-hybridized carbons (Fsp3) is 0.538. The first-order valence-electron chi connectivity index (χ1n) is 5.85. The number of phenols is 1. The highest BCUT2D eigenvalue weighted by atomic mass is 16.5. The third-order valence-corrected chi connectivity index (χ3v) is 2.98. The molecule has 2 rings (SSSR count). The van der Waals surface area contributed by atoms with E-state index in [4.69, 9.17) is 4.74 Å². The van der Waals surface area contributed by atoms with E-state index in [-0.39, 0.29) is 0 Å². The van der Waals surface area contributed by atoms with E-state index < -0.39 is 0 Å². The van der Waals surface area contributed by atoms with Gasteiger partial charge >= 0.3 is 0 Å². The highest BCUT2D eigenvalue weighted by Crippen LogP contribution is 2.18. The lowest BCUT2D eigenvalue weighted by molar-refractivity contribution is 0.0699. The van der Waals surface area contributed by atoms with Crippen molar-refractivity contribution in [2.75, 3.05) is 13.2 Å². The number of phenolic OH excluding ortho intramolecular Hbond substituents is 1. The molecule has 0 spiro atoms. The summed E-state index contributed by atoms with van der Waals surface area (Å²) >= 11 is 0. The largest absolute Gasteiger partial charge is 0.508 e. The van der Waals surface area contributed by atoms with Crippen molar-refractivity contribution in [3.8, 4) is 5.75 Å². The molecule has 1 heterocycles. The van der Waals surface area contributed by atoms with Crippen LogP contribution in [0.5, 0.6) is 5.75 Å². The van der Waals surface area contributed by atoms with Gasteiger partial charge in [0.05, 0.1) is 6.61 Å². The molecule has 0 radical (unpaired) electrons. The number of ether oxygens (including phenoxy) is 1. The van der Waals surface area contributed by atoms with Gasteiger partial charge in [0.15, 0.2) is 0 Å². The molecule has 0 bridgehead atoms. The van der Waals surface area contributed by atoms with Gasteiger partial charge in [0.2, 0.25) is 0 Å². The lowest BCUT2D eigenvalue weighted by Crippen LogP contribution is -2.36. The van der Waals surface area contributed by atoms with E-state index in [1.54, 1.807) is 6.07 Å². The van der Waals surface area contributed by atoms with Crippen LogP contribution in [-0.4, -0.2) is 24.4 Å². The van der Waals surface area contributed by atoms with Gasteiger partial charge in [-0.15, -0.1) is 0 Å². The molecular formula is C13H19NO2. The van der Waals surface area contributed by atoms with Crippen LogP contribution >= 0.6 is 0 Å². The molecule has 0 aromatic heterocycles. The molecule has 2 N–H and O–H groups in total. The van der Waals surface area contributed by atoms with Crippen LogP contribution in [0, 0.1) is 6.92 Å². The monoisotopic (exact) mass is 221 g/mol. The second kappa shape index (κ2) is 5.32. The van der Waals surface area contributed by atoms with Crippen LogP contribution in [0.3, 0.4) is 0 Å². The Morgan fingerprint density at radius 3 is 3.12 bits per heavy atom. The lowest BCUT2D eigenvalue weighted by atomic mass is 10.1. The molecule has 1 unspecified atom stereocenters. The van der Waals surface area contributed by atoms with Crippen molar-refractivity contribution in [3.05, 3.63) is 29.3 Å². The summed E-state index contributed by atoms with van der Waals surface area (Å²) < 4.78 is 5.40. The van der Waals surface area contributed by atoms with Crippen molar-refractivity contribution in [2.24, 2.45) is 0 Å². The topological polar surface area (TPSA) is 41.5 Å². The van der Waals surface area contributed by atoms with Gasteiger partial charge in [-0.2, -0.15) is 0 Å². The second-order valence-corrected chi connectivity index (χ2v) is 4.43. The maximum atomic E-state index is 9.69. The van der Waals surface area contributed by atoms with Gasteiger partial charge in [-0.05, 0) is 25.8 Å². The van der Waals surface area contributed by atoms with E-state index in [0.29, 0.717) is 18.3 Å². The Morgan fingerprint density at radius 1 is 1.50 bits per heavy atom. The second-order valence-electron chi connectivity index (χ2n) is 4.43. The number of rotatable bonds is 3. The van der Waals surface area contributed by atoms with Crippen molar-refractivity contribution in [3.63, 3.8) is 0 Å². The molecular weight excluding hydrogens is 202 g/mol. The zero-order valence-corrected chi connectivity index (χ0v) is 9.70. The van der Waals surface area contributed by atoms with Gasteiger partial charge in [0.25, 0.3) is 0 Å². The average Bonchev–Trinajstić information content (AvgIpc) is 2.32. The minimum absolute atomic E-state index is 0.370. The zero-order valence-electron chi connectivity index (χ0n) is 9.70. The number of hydrogen-bond acceptors (Lipinski definition) is 3. The predicted molar refractivity (Wildman–Crippen MR) is 63.5 cm³/mol. The molecule has 1 aliphatic rings. The maximum absolute atomic E-state index is 9.69. The summed E-state index contributed by atoms with van der Waals surface area (Å²) in [6.07, 6.45) is 2.28. The van der Waals surface area contributed by atoms with Crippen molar-refractivity contribution in [1.82, 2.24) is 5.32 Å². The molecule has 3 heteroatoms. The Bertz CT molecular complexity index is 346. The normalized spacial score (nSPS) is 20.9. The van der Waals surface area contributed by atoms with Crippen LogP contribution < -0.4 is 5.32 Å². The van der Waals surface area contributed by atoms with Crippen LogP contribution in [0.1, 0.15) is 24.0 Å². The third-order valence-electron chi connectivity index (χ3n) is 2.98. The van der Waals surface area contributed by atoms with Gasteiger partial charge in [0.1, 0.15) is 5.75 Å². The molecule has 0 aliphatic carbocycles. The Balaban J connectivity index is 1.90. The summed E-state index contributed by atoms with van der Waals surface area (Å²) in [5.74, 6) is 0.370. The first-order valence-corrected chi connectivity index (χ1v) is 5.85. The molecule has 0 amide bonds. The van der Waals surface area contributed by atoms with Gasteiger partial charge < -0.3 is 15.2 Å². The molecule has 0 saturated carbocycles. The van der Waals surface area contributed by atoms with E-state index in [2.05, 4.69) is 5.32 Å². The molecule has 1 aliphatic heterocycles. The molecule has 1 saturated heterocycles. The fourth-order valence-corrected chi connectivity index (χ4v) is 2.01. The van der Waals surface area contributed by atoms with Crippen LogP contribution in [0.25, 0.3) is 0 Å². The zero-order chi connectivity index (χ0) is 11.4. The number of hydrogen-bond donors (Lipinski definition) is 2. The number of aromatic hydroxyl groups is 1. The molecule has 1 aromatic rings. The first-order chi connectivity index (χ1) is 7.75. The molecule has 88 valence electrons. The number of aryl methyl sites for hydroxylation is 1. The number of benzene rings is 1. The minimum Gasteiger partial charge on any atom is -0.508 e. The van der Waals surface area contributed by atoms with Crippen LogP contribution in [0.4, 0.5) is 0 Å². The number of nitrogens with one attached hydrogen (secondary N) is 1. The van der Waals surface area contributed by atoms with Crippen molar-refractivity contribution in [1.29, 1.82) is 0 Å². The summed E-state index contributed by atoms with van der Waals surface area (Å²) in [5, 5.41) is 13.1. The summed E-state index contributed by atoms with van der Waals surface area (Å²) in [4.78, 5) is 0. The van der Waals surface area contributed by atoms with E-state index in [1.807, 2.05) is 19.1 Å². The molecule has 1 atom stereocenters. The quantitative estimate of drug-likeness (QED) is 0.820. The van der Waals surface area contributed by atoms with E-state index in [1.165, 1.54) is 5.56 Å². The summed E-state index contributed by atoms with van der Waals surface area (Å²) in [5.41, 5.74) is 2.14. The standard InChI is InChI=1S/C13H19NO2/c1-10-4-5-13(15)11(7-10)8-14-12-3-2-6-16-9-12/h4-5,7,12,14-15H,2-3,6,8-9H2,1H3. The predicted octanol–water partition coefficient (Wildman–Crippen LogP) is 1.97. The van der Waals surface area contributed by atoms with E-state index >= 15 is 0 Å². The molecule has 16 heavy (non-hydrogen) atoms. The molecule has 1 fully saturated rings. The average molecular weight is 221 g/mol. The summed E-state index contributed by atoms with van der Waals surface area (Å²) in [7, 11) is 0. The van der Waals surface area contributed by atoms with Crippen molar-refractivity contribution >= 4 is 0 Å². The van der Waals surface area contributed by atoms with E-state index in [0.717, 1.165) is 31.6 Å². The van der Waals surface area contributed by atoms with E-state index in [9.17, 15) is 5.11 Å². The maximum Gasteiger partial charge on any atom is 0.120 e. The minimum atomic E-state index is 0.370. The summed E-state index contributed by atoms with van der Waals surface area (Å²) in [6, 6.07) is 6.12. The fourth-order valence-electron chi connectivity index (χ4n) is 2.01. The van der Waals surface area contributed by atoms with Gasteiger partial charge in [-0.3, -0.25) is 0 Å². The SMILES string of the molecule is Cc1ccc(O)c(CNC2CCCOC2)c1. The molecule has 1 aromatic carbocycles. The Hall–Kier alpha value is -1.06. The Kier molecular flexibility index (Phi) is 3.80. The smallest absolute Gasteiger partial charge is 0.120 e. The van der Waals surface area contributed by atoms with Gasteiger partial charge in [0, 0.05) is 24.8 Å². The Morgan fingerprint density at radius 2 is 2.38 bits per heavy atom. The van der Waals surface area contributed by atoms with Gasteiger partial charge in [-0.25, -0.2) is 0 Å². The van der Waals surface area contributed by atoms with Crippen LogP contribution in [0.2, 0.25) is 0 Å². The van der Waals surface area contributed by atoms with Crippen LogP contribution in [0.15, 0.2) is 18.2 Å². The summed E-state index contributed by atoms with van der Waals surface area (Å²) in [6.45, 7) is 4.41. The van der Waals surface area contributed by atoms with Crippen molar-refractivity contribution < 1.29 is 9.84 Å². The first kappa shape index (κ1) is 11.4. The lowest BCUT2D eigenvalue weighted by Gasteiger charge is -2.23. The van der Waals surface area contributed by atoms with Crippen LogP contribution in [-0.2, 0) is 11.3 Å². The van der Waals surface area contributed by atoms with Crippen molar-refractivity contribution in [2.45, 2.75) is 32.4 Å². The highest BCUT2D eigenvalue weighted by molar-refractivity contribution is 5.35. The van der Waals surface area contributed by atoms with Gasteiger partial charge in [-0.1, -0.05) is 17.7 Å². The third kappa shape index (κ3) is 2.97. The Labute approximate surface area is 96.4 Å². The molecule has 3 nitrogen and oxygen atoms in total. The highest BCUT2D eigenvalue weighted by Gasteiger charge is 2.13.